The molecule has 8 heteroatoms. The Morgan fingerprint density at radius 3 is 2.43 bits per heavy atom. The molecule has 0 aromatic heterocycles. The predicted molar refractivity (Wildman–Crippen MR) is 103 cm³/mol. The van der Waals surface area contributed by atoms with Gasteiger partial charge in [-0.3, -0.25) is 19.5 Å². The molecule has 0 N–H and O–H groups in total. The number of imide groups is 1. The van der Waals surface area contributed by atoms with Crippen molar-refractivity contribution in [3.63, 3.8) is 0 Å². The number of carbonyl (C=O) groups excluding carboxylic acids is 2. The molecule has 4 rings (SSSR count). The number of rotatable bonds is 4. The van der Waals surface area contributed by atoms with E-state index in [1.165, 1.54) is 30.5 Å². The number of urea groups is 1. The first-order chi connectivity index (χ1) is 13.5. The van der Waals surface area contributed by atoms with Crippen molar-refractivity contribution in [3.8, 4) is 0 Å². The number of hydrogen-bond acceptors (Lipinski definition) is 4. The van der Waals surface area contributed by atoms with E-state index in [0.717, 1.165) is 42.2 Å². The van der Waals surface area contributed by atoms with Crippen LogP contribution in [0.4, 0.5) is 9.18 Å². The van der Waals surface area contributed by atoms with Crippen LogP contribution in [0.1, 0.15) is 24.8 Å². The Hall–Kier alpha value is -2.61. The number of benzene rings is 1. The first kappa shape index (κ1) is 18.7. The second-order valence-electron chi connectivity index (χ2n) is 7.62. The average Bonchev–Trinajstić information content (AvgIpc) is 3.05. The topological polar surface area (TPSA) is 59.2 Å². The number of amidine groups is 2. The number of piperidine rings is 1. The normalized spacial score (nSPS) is 23.4. The number of hydrogen-bond donors (Lipinski definition) is 0. The fourth-order valence-electron chi connectivity index (χ4n) is 4.06. The molecule has 7 nitrogen and oxygen atoms in total. The Bertz CT molecular complexity index is 858. The largest absolute Gasteiger partial charge is 0.333 e. The Balaban J connectivity index is 1.69. The average molecular weight is 386 g/mol. The second kappa shape index (κ2) is 7.43. The van der Waals surface area contributed by atoms with Gasteiger partial charge in [0.15, 0.2) is 0 Å². The molecule has 1 atom stereocenters. The summed E-state index contributed by atoms with van der Waals surface area (Å²) in [5.41, 5.74) is 0.893. The van der Waals surface area contributed by atoms with Crippen molar-refractivity contribution in [2.24, 2.45) is 4.99 Å². The van der Waals surface area contributed by atoms with E-state index in [-0.39, 0.29) is 17.8 Å². The molecule has 1 unspecified atom stereocenters. The van der Waals surface area contributed by atoms with Crippen LogP contribution in [0, 0.1) is 5.82 Å². The lowest BCUT2D eigenvalue weighted by molar-refractivity contribution is -0.552. The van der Waals surface area contributed by atoms with Gasteiger partial charge in [0, 0.05) is 14.1 Å². The summed E-state index contributed by atoms with van der Waals surface area (Å²) in [5, 5.41) is 0. The van der Waals surface area contributed by atoms with Gasteiger partial charge in [0.1, 0.15) is 18.9 Å². The van der Waals surface area contributed by atoms with Crippen LogP contribution in [0.15, 0.2) is 29.3 Å². The zero-order valence-electron chi connectivity index (χ0n) is 16.3. The standard InChI is InChI=1S/C20H25FN5O2/c1-23-18-17(19(27)24(2)20(23)28)26(12-14-6-8-15(21)9-7-14)16(22-18)13-25-10-4-3-5-11-25/h6-9,17H,3-5,10-13H2,1-2H3/q+1. The smallest absolute Gasteiger partial charge is 0.292 e. The summed E-state index contributed by atoms with van der Waals surface area (Å²) in [4.78, 5) is 34.9. The highest BCUT2D eigenvalue weighted by molar-refractivity contribution is 6.23. The molecule has 3 aliphatic heterocycles. The number of halogens is 1. The second-order valence-corrected chi connectivity index (χ2v) is 7.62. The first-order valence-electron chi connectivity index (χ1n) is 9.69. The summed E-state index contributed by atoms with van der Waals surface area (Å²) in [6.07, 6.45) is 3.55. The molecule has 0 aliphatic carbocycles. The van der Waals surface area contributed by atoms with E-state index in [4.69, 9.17) is 4.99 Å². The fourth-order valence-corrected chi connectivity index (χ4v) is 4.06. The van der Waals surface area contributed by atoms with E-state index < -0.39 is 6.04 Å². The van der Waals surface area contributed by atoms with Crippen LogP contribution in [0.3, 0.4) is 0 Å². The minimum atomic E-state index is -0.627. The van der Waals surface area contributed by atoms with Gasteiger partial charge in [0.25, 0.3) is 17.8 Å². The van der Waals surface area contributed by atoms with Gasteiger partial charge in [0.05, 0.1) is 0 Å². The SMILES string of the molecule is CN1C(=O)C2C(=NC(CN3CCCCC3)=[N+]2Cc2ccc(F)cc2)N(C)C1=O. The number of carbonyl (C=O) groups is 2. The summed E-state index contributed by atoms with van der Waals surface area (Å²) in [6, 6.07) is 5.28. The van der Waals surface area contributed by atoms with Gasteiger partial charge in [-0.2, -0.15) is 0 Å². The molecule has 0 saturated carbocycles. The summed E-state index contributed by atoms with van der Waals surface area (Å²) in [7, 11) is 3.15. The van der Waals surface area contributed by atoms with Gasteiger partial charge in [-0.15, -0.1) is 0 Å². The van der Waals surface area contributed by atoms with E-state index in [1.54, 1.807) is 19.2 Å². The predicted octanol–water partition coefficient (Wildman–Crippen LogP) is 1.53. The van der Waals surface area contributed by atoms with Crippen molar-refractivity contribution >= 4 is 23.6 Å². The highest BCUT2D eigenvalue weighted by Crippen LogP contribution is 2.22. The lowest BCUT2D eigenvalue weighted by Gasteiger charge is -2.30. The van der Waals surface area contributed by atoms with Gasteiger partial charge in [-0.1, -0.05) is 18.6 Å². The van der Waals surface area contributed by atoms with E-state index in [0.29, 0.717) is 18.9 Å². The lowest BCUT2D eigenvalue weighted by atomic mass is 10.1. The van der Waals surface area contributed by atoms with Gasteiger partial charge < -0.3 is 0 Å². The number of aliphatic imine (C=N–C) groups is 1. The van der Waals surface area contributed by atoms with Crippen LogP contribution in [-0.4, -0.2) is 82.7 Å². The van der Waals surface area contributed by atoms with Crippen molar-refractivity contribution < 1.29 is 18.6 Å². The van der Waals surface area contributed by atoms with Gasteiger partial charge >= 0.3 is 11.9 Å². The summed E-state index contributed by atoms with van der Waals surface area (Å²) in [6.45, 7) is 3.08. The lowest BCUT2D eigenvalue weighted by Crippen LogP contribution is -2.61. The van der Waals surface area contributed by atoms with Crippen molar-refractivity contribution in [2.45, 2.75) is 31.8 Å². The van der Waals surface area contributed by atoms with Gasteiger partial charge in [0.2, 0.25) is 0 Å². The monoisotopic (exact) mass is 386 g/mol. The molecule has 2 fully saturated rings. The third kappa shape index (κ3) is 3.32. The Kier molecular flexibility index (Phi) is 4.97. The number of nitrogens with zero attached hydrogens (tertiary/aromatic N) is 5. The summed E-state index contributed by atoms with van der Waals surface area (Å²) >= 11 is 0. The number of likely N-dealkylation sites (N-methyl/N-ethyl adjacent to an activating group) is 2. The molecule has 148 valence electrons. The van der Waals surface area contributed by atoms with Gasteiger partial charge in [-0.05, 0) is 48.6 Å². The molecule has 1 aromatic rings. The molecule has 0 radical (unpaired) electrons. The molecule has 28 heavy (non-hydrogen) atoms. The first-order valence-corrected chi connectivity index (χ1v) is 9.69. The van der Waals surface area contributed by atoms with Crippen molar-refractivity contribution in [3.05, 3.63) is 35.6 Å². The quantitative estimate of drug-likeness (QED) is 0.738. The third-order valence-corrected chi connectivity index (χ3v) is 5.69. The maximum absolute atomic E-state index is 13.3. The minimum absolute atomic E-state index is 0.280. The van der Waals surface area contributed by atoms with Crippen LogP contribution in [0.2, 0.25) is 0 Å². The molecule has 1 aromatic carbocycles. The molecular weight excluding hydrogens is 361 g/mol. The van der Waals surface area contributed by atoms with Crippen LogP contribution >= 0.6 is 0 Å². The fraction of sp³-hybridized carbons (Fsp3) is 0.500. The molecule has 3 aliphatic rings. The Morgan fingerprint density at radius 1 is 1.07 bits per heavy atom. The zero-order chi connectivity index (χ0) is 19.8. The summed E-state index contributed by atoms with van der Waals surface area (Å²) in [5.74, 6) is 0.688. The maximum atomic E-state index is 13.3. The highest BCUT2D eigenvalue weighted by Gasteiger charge is 2.53. The minimum Gasteiger partial charge on any atom is -0.292 e. The zero-order valence-corrected chi connectivity index (χ0v) is 16.3. The van der Waals surface area contributed by atoms with Crippen LogP contribution in [-0.2, 0) is 11.3 Å². The maximum Gasteiger partial charge on any atom is 0.333 e. The number of fused-ring (bicyclic) bond motifs is 1. The molecule has 0 bridgehead atoms. The van der Waals surface area contributed by atoms with Crippen LogP contribution in [0.5, 0.6) is 0 Å². The van der Waals surface area contributed by atoms with Gasteiger partial charge in [-0.25, -0.2) is 13.8 Å². The third-order valence-electron chi connectivity index (χ3n) is 5.69. The highest BCUT2D eigenvalue weighted by atomic mass is 19.1. The Labute approximate surface area is 163 Å². The van der Waals surface area contributed by atoms with Crippen LogP contribution < -0.4 is 0 Å². The molecular formula is C20H25FN5O2+. The van der Waals surface area contributed by atoms with E-state index >= 15 is 0 Å². The van der Waals surface area contributed by atoms with Crippen molar-refractivity contribution in [1.29, 1.82) is 0 Å². The van der Waals surface area contributed by atoms with E-state index in [1.807, 2.05) is 4.58 Å². The number of amides is 3. The molecule has 3 amide bonds. The Morgan fingerprint density at radius 2 is 1.75 bits per heavy atom. The van der Waals surface area contributed by atoms with E-state index in [2.05, 4.69) is 4.90 Å². The molecule has 3 heterocycles. The van der Waals surface area contributed by atoms with E-state index in [9.17, 15) is 14.0 Å². The van der Waals surface area contributed by atoms with Crippen molar-refractivity contribution in [1.82, 2.24) is 14.7 Å². The summed E-state index contributed by atoms with van der Waals surface area (Å²) < 4.78 is 15.3. The van der Waals surface area contributed by atoms with Crippen molar-refractivity contribution in [2.75, 3.05) is 33.7 Å². The molecule has 2 saturated heterocycles. The number of likely N-dealkylation sites (tertiary alicyclic amines) is 1. The van der Waals surface area contributed by atoms with Crippen LogP contribution in [0.25, 0.3) is 0 Å². The molecule has 0 spiro atoms.